The van der Waals surface area contributed by atoms with Gasteiger partial charge in [-0.3, -0.25) is 0 Å². The first-order chi connectivity index (χ1) is 16.2. The summed E-state index contributed by atoms with van der Waals surface area (Å²) in [5, 5.41) is 6.43. The molecule has 3 N–H and O–H groups in total. The minimum absolute atomic E-state index is 0.256. The van der Waals surface area contributed by atoms with Gasteiger partial charge in [-0.2, -0.15) is 0 Å². The summed E-state index contributed by atoms with van der Waals surface area (Å²) < 4.78 is 5.44. The van der Waals surface area contributed by atoms with Crippen LogP contribution >= 0.6 is 0 Å². The van der Waals surface area contributed by atoms with E-state index >= 15 is 0 Å². The summed E-state index contributed by atoms with van der Waals surface area (Å²) >= 11 is 0. The Balaban J connectivity index is 1.38. The third-order valence-corrected chi connectivity index (χ3v) is 6.44. The molecular formula is C27H28N4O2. The van der Waals surface area contributed by atoms with Crippen LogP contribution in [0, 0.1) is 0 Å². The minimum Gasteiger partial charge on any atom is -0.445 e. The highest BCUT2D eigenvalue weighted by molar-refractivity contribution is 5.92. The Bertz CT molecular complexity index is 1210. The van der Waals surface area contributed by atoms with Crippen molar-refractivity contribution in [3.63, 3.8) is 0 Å². The highest BCUT2D eigenvalue weighted by atomic mass is 16.5. The number of carbonyl (C=O) groups excluding carboxylic acids is 1. The number of ether oxygens (including phenoxy) is 1. The fraction of sp³-hybridized carbons (Fsp3) is 0.259. The Morgan fingerprint density at radius 3 is 2.42 bits per heavy atom. The first-order valence-electron chi connectivity index (χ1n) is 11.4. The molecule has 0 saturated carbocycles. The zero-order chi connectivity index (χ0) is 22.5. The highest BCUT2D eigenvalue weighted by Crippen LogP contribution is 2.35. The number of piperidine rings is 1. The summed E-state index contributed by atoms with van der Waals surface area (Å²) in [6.07, 6.45) is 1.36. The quantitative estimate of drug-likeness (QED) is 0.403. The Hall–Kier alpha value is -3.64. The Labute approximate surface area is 193 Å². The topological polar surface area (TPSA) is 79.0 Å². The molecule has 1 fully saturated rings. The lowest BCUT2D eigenvalue weighted by Crippen LogP contribution is -2.48. The number of aromatic amines is 1. The second kappa shape index (κ2) is 9.46. The number of para-hydroxylation sites is 1. The number of aromatic nitrogens is 2. The second-order valence-electron chi connectivity index (χ2n) is 8.60. The van der Waals surface area contributed by atoms with Gasteiger partial charge in [-0.05, 0) is 43.1 Å². The number of alkyl carbamates (subject to hydrolysis) is 1. The predicted molar refractivity (Wildman–Crippen MR) is 130 cm³/mol. The van der Waals surface area contributed by atoms with Crippen LogP contribution < -0.4 is 10.6 Å². The van der Waals surface area contributed by atoms with Gasteiger partial charge in [0.2, 0.25) is 0 Å². The van der Waals surface area contributed by atoms with Crippen LogP contribution in [-0.2, 0) is 16.8 Å². The molecule has 1 amide bonds. The van der Waals surface area contributed by atoms with Crippen molar-refractivity contribution in [2.24, 2.45) is 0 Å². The largest absolute Gasteiger partial charge is 0.445 e. The van der Waals surface area contributed by atoms with E-state index in [2.05, 4.69) is 45.9 Å². The Morgan fingerprint density at radius 1 is 0.939 bits per heavy atom. The van der Waals surface area contributed by atoms with Crippen molar-refractivity contribution in [2.45, 2.75) is 24.9 Å². The molecule has 3 aromatic carbocycles. The molecule has 4 aromatic rings. The third-order valence-electron chi connectivity index (χ3n) is 6.44. The van der Waals surface area contributed by atoms with Gasteiger partial charge < -0.3 is 20.4 Å². The molecule has 1 aliphatic rings. The lowest BCUT2D eigenvalue weighted by atomic mass is 9.78. The van der Waals surface area contributed by atoms with E-state index in [-0.39, 0.29) is 12.0 Å². The van der Waals surface area contributed by atoms with Gasteiger partial charge in [0.1, 0.15) is 12.4 Å². The number of imidazole rings is 1. The molecule has 0 aliphatic carbocycles. The fourth-order valence-electron chi connectivity index (χ4n) is 4.55. The number of benzene rings is 3. The summed E-state index contributed by atoms with van der Waals surface area (Å²) in [5.74, 6) is 0.922. The number of nitrogens with zero attached hydrogens (tertiary/aromatic N) is 1. The van der Waals surface area contributed by atoms with Crippen molar-refractivity contribution in [3.05, 3.63) is 90.3 Å². The maximum absolute atomic E-state index is 12.5. The van der Waals surface area contributed by atoms with Gasteiger partial charge in [-0.25, -0.2) is 9.78 Å². The van der Waals surface area contributed by atoms with E-state index in [0.717, 1.165) is 59.5 Å². The maximum Gasteiger partial charge on any atom is 0.407 e. The van der Waals surface area contributed by atoms with Gasteiger partial charge in [-0.1, -0.05) is 72.8 Å². The average molecular weight is 441 g/mol. The number of H-pyrrole nitrogens is 1. The molecule has 0 bridgehead atoms. The standard InChI is InChI=1S/C27H28N4O2/c32-26(33-18-20-8-3-1-4-9-20)29-19-27(14-16-28-17-15-27)25-30-23-13-7-12-22(24(23)31-25)21-10-5-2-6-11-21/h1-13,28H,14-19H2,(H,29,32)(H,30,31). The lowest BCUT2D eigenvalue weighted by molar-refractivity contribution is 0.134. The van der Waals surface area contributed by atoms with Gasteiger partial charge in [0, 0.05) is 17.5 Å². The van der Waals surface area contributed by atoms with Crippen LogP contribution in [-0.4, -0.2) is 35.7 Å². The number of rotatable bonds is 6. The fourth-order valence-corrected chi connectivity index (χ4v) is 4.55. The van der Waals surface area contributed by atoms with Gasteiger partial charge >= 0.3 is 6.09 Å². The van der Waals surface area contributed by atoms with Crippen molar-refractivity contribution in [1.29, 1.82) is 0 Å². The van der Waals surface area contributed by atoms with E-state index in [4.69, 9.17) is 9.72 Å². The number of nitrogens with one attached hydrogen (secondary N) is 3. The van der Waals surface area contributed by atoms with Crippen LogP contribution in [0.3, 0.4) is 0 Å². The van der Waals surface area contributed by atoms with Crippen LogP contribution in [0.15, 0.2) is 78.9 Å². The molecule has 6 nitrogen and oxygen atoms in total. The summed E-state index contributed by atoms with van der Waals surface area (Å²) in [6, 6.07) is 26.3. The zero-order valence-corrected chi connectivity index (χ0v) is 18.5. The number of amides is 1. The van der Waals surface area contributed by atoms with Crippen LogP contribution in [0.25, 0.3) is 22.2 Å². The summed E-state index contributed by atoms with van der Waals surface area (Å²) in [5.41, 5.74) is 4.91. The van der Waals surface area contributed by atoms with Crippen LogP contribution in [0.2, 0.25) is 0 Å². The van der Waals surface area contributed by atoms with E-state index in [1.54, 1.807) is 0 Å². The van der Waals surface area contributed by atoms with Gasteiger partial charge in [0.25, 0.3) is 0 Å². The van der Waals surface area contributed by atoms with E-state index < -0.39 is 6.09 Å². The second-order valence-corrected chi connectivity index (χ2v) is 8.60. The van der Waals surface area contributed by atoms with Crippen LogP contribution in [0.1, 0.15) is 24.2 Å². The van der Waals surface area contributed by atoms with Gasteiger partial charge in [0.15, 0.2) is 0 Å². The molecule has 0 atom stereocenters. The molecule has 168 valence electrons. The molecule has 0 unspecified atom stereocenters. The van der Waals surface area contributed by atoms with Gasteiger partial charge in [0.05, 0.1) is 11.0 Å². The van der Waals surface area contributed by atoms with Crippen LogP contribution in [0.5, 0.6) is 0 Å². The first-order valence-corrected chi connectivity index (χ1v) is 11.4. The predicted octanol–water partition coefficient (Wildman–Crippen LogP) is 4.78. The van der Waals surface area contributed by atoms with E-state index in [1.165, 1.54) is 0 Å². The van der Waals surface area contributed by atoms with E-state index in [0.29, 0.717) is 6.54 Å². The van der Waals surface area contributed by atoms with Crippen molar-refractivity contribution < 1.29 is 9.53 Å². The highest BCUT2D eigenvalue weighted by Gasteiger charge is 2.37. The molecule has 1 aliphatic heterocycles. The van der Waals surface area contributed by atoms with Gasteiger partial charge in [-0.15, -0.1) is 0 Å². The molecule has 2 heterocycles. The number of hydrogen-bond donors (Lipinski definition) is 3. The number of carbonyl (C=O) groups is 1. The Kier molecular flexibility index (Phi) is 6.09. The van der Waals surface area contributed by atoms with Crippen molar-refractivity contribution in [2.75, 3.05) is 19.6 Å². The molecule has 5 rings (SSSR count). The number of fused-ring (bicyclic) bond motifs is 1. The SMILES string of the molecule is O=C(NCC1(c2nc3c(-c4ccccc4)cccc3[nH]2)CCNCC1)OCc1ccccc1. The maximum atomic E-state index is 12.5. The monoisotopic (exact) mass is 440 g/mol. The molecule has 6 heteroatoms. The minimum atomic E-state index is -0.405. The summed E-state index contributed by atoms with van der Waals surface area (Å²) in [7, 11) is 0. The van der Waals surface area contributed by atoms with Crippen molar-refractivity contribution in [3.8, 4) is 11.1 Å². The normalized spacial score (nSPS) is 15.3. The average Bonchev–Trinajstić information content (AvgIpc) is 3.33. The Morgan fingerprint density at radius 2 is 1.67 bits per heavy atom. The summed E-state index contributed by atoms with van der Waals surface area (Å²) in [4.78, 5) is 21.1. The van der Waals surface area contributed by atoms with Crippen LogP contribution in [0.4, 0.5) is 4.79 Å². The molecule has 0 spiro atoms. The summed E-state index contributed by atoms with van der Waals surface area (Å²) in [6.45, 7) is 2.49. The van der Waals surface area contributed by atoms with E-state index in [9.17, 15) is 4.79 Å². The molecule has 1 aromatic heterocycles. The van der Waals surface area contributed by atoms with E-state index in [1.807, 2.05) is 48.5 Å². The molecule has 33 heavy (non-hydrogen) atoms. The zero-order valence-electron chi connectivity index (χ0n) is 18.5. The smallest absolute Gasteiger partial charge is 0.407 e. The number of hydrogen-bond acceptors (Lipinski definition) is 4. The lowest BCUT2D eigenvalue weighted by Gasteiger charge is -2.36. The molecular weight excluding hydrogens is 412 g/mol. The van der Waals surface area contributed by atoms with Crippen molar-refractivity contribution in [1.82, 2.24) is 20.6 Å². The third kappa shape index (κ3) is 4.61. The first kappa shape index (κ1) is 21.2. The molecule has 1 saturated heterocycles. The van der Waals surface area contributed by atoms with Crippen molar-refractivity contribution >= 4 is 17.1 Å². The molecule has 0 radical (unpaired) electrons.